The third-order valence-corrected chi connectivity index (χ3v) is 8.15. The smallest absolute Gasteiger partial charge is 0.0699 e. The summed E-state index contributed by atoms with van der Waals surface area (Å²) in [6, 6.07) is 5.92. The van der Waals surface area contributed by atoms with Crippen LogP contribution in [0.4, 0.5) is 0 Å². The van der Waals surface area contributed by atoms with Gasteiger partial charge in [-0.15, -0.1) is 20.5 Å². The molecule has 31 heavy (non-hydrogen) atoms. The molecule has 2 aliphatic heterocycles. The second kappa shape index (κ2) is 7.78. The molecule has 3 rings (SSSR count). The van der Waals surface area contributed by atoms with E-state index in [2.05, 4.69) is 5.32 Å². The van der Waals surface area contributed by atoms with Crippen molar-refractivity contribution in [2.24, 2.45) is 0 Å². The average molecular weight is 450 g/mol. The minimum Gasteiger partial charge on any atom is -0.444 e. The van der Waals surface area contributed by atoms with Gasteiger partial charge in [-0.2, -0.15) is 10.6 Å². The van der Waals surface area contributed by atoms with E-state index in [0.717, 1.165) is 21.8 Å². The van der Waals surface area contributed by atoms with Crippen LogP contribution in [0.5, 0.6) is 0 Å². The predicted octanol–water partition coefficient (Wildman–Crippen LogP) is 4.54. The van der Waals surface area contributed by atoms with Crippen LogP contribution in [-0.4, -0.2) is 33.8 Å². The molecule has 0 aromatic heterocycles. The van der Waals surface area contributed by atoms with Gasteiger partial charge < -0.3 is 14.3 Å². The van der Waals surface area contributed by atoms with Gasteiger partial charge in [0.25, 0.3) is 0 Å². The van der Waals surface area contributed by atoms with E-state index in [1.165, 1.54) is 5.06 Å². The molecule has 0 bridgehead atoms. The van der Waals surface area contributed by atoms with Gasteiger partial charge >= 0.3 is 0 Å². The van der Waals surface area contributed by atoms with Gasteiger partial charge in [0, 0.05) is 17.1 Å². The van der Waals surface area contributed by atoms with Gasteiger partial charge in [0.1, 0.15) is 0 Å². The molecule has 1 atom stereocenters. The summed E-state index contributed by atoms with van der Waals surface area (Å²) in [5, 5.41) is 30.8. The van der Waals surface area contributed by atoms with Crippen molar-refractivity contribution in [2.75, 3.05) is 6.54 Å². The molecule has 0 aliphatic carbocycles. The molecule has 2 radical (unpaired) electrons. The number of nitrogens with one attached hydrogen (secondary N) is 2. The molecule has 1 unspecified atom stereocenters. The molecule has 1 saturated heterocycles. The largest absolute Gasteiger partial charge is 0.444 e. The normalized spacial score (nSPS) is 26.2. The first-order chi connectivity index (χ1) is 14.0. The van der Waals surface area contributed by atoms with Gasteiger partial charge in [-0.3, -0.25) is 0 Å². The molecule has 1 aromatic rings. The maximum Gasteiger partial charge on any atom is 0.0699 e. The summed E-state index contributed by atoms with van der Waals surface area (Å²) < 4.78 is 20.4. The maximum absolute atomic E-state index is 12.9. The predicted molar refractivity (Wildman–Crippen MR) is 120 cm³/mol. The van der Waals surface area contributed by atoms with Gasteiger partial charge in [-0.1, -0.05) is 23.8 Å². The third kappa shape index (κ3) is 4.18. The Morgan fingerprint density at radius 1 is 0.968 bits per heavy atom. The van der Waals surface area contributed by atoms with E-state index in [1.807, 2.05) is 73.6 Å². The Morgan fingerprint density at radius 2 is 1.48 bits per heavy atom. The molecule has 2 heterocycles. The van der Waals surface area contributed by atoms with E-state index >= 15 is 0 Å². The standard InChI is InChI=1S/C23H37N4O3S/c1-20(2)12-16(13-21(3,4)26(20)28)25-14-19(31(24)30)15-9-10-17-18(11-15)23(7,8)27(29)22(17,5)6/h9-11,16,19,24-25H,12-14H2,1-8H3/q-1. The lowest BCUT2D eigenvalue weighted by atomic mass is 9.79. The molecule has 1 aromatic carbocycles. The molecule has 0 spiro atoms. The van der Waals surface area contributed by atoms with Crippen molar-refractivity contribution in [1.29, 1.82) is 4.78 Å². The highest BCUT2D eigenvalue weighted by molar-refractivity contribution is 7.73. The molecule has 2 aliphatic rings. The zero-order valence-electron chi connectivity index (χ0n) is 20.0. The van der Waals surface area contributed by atoms with E-state index in [4.69, 9.17) is 4.78 Å². The van der Waals surface area contributed by atoms with E-state index in [9.17, 15) is 14.6 Å². The van der Waals surface area contributed by atoms with E-state index in [1.54, 1.807) is 0 Å². The van der Waals surface area contributed by atoms with Crippen molar-refractivity contribution in [3.8, 4) is 0 Å². The molecule has 1 fully saturated rings. The van der Waals surface area contributed by atoms with Crippen LogP contribution in [0.15, 0.2) is 18.2 Å². The minimum absolute atomic E-state index is 0.100. The summed E-state index contributed by atoms with van der Waals surface area (Å²) in [6.45, 7) is 15.8. The second-order valence-corrected chi connectivity index (χ2v) is 12.6. The fraction of sp³-hybridized carbons (Fsp3) is 0.739. The molecule has 0 amide bonds. The van der Waals surface area contributed by atoms with Crippen LogP contribution >= 0.6 is 0 Å². The fourth-order valence-electron chi connectivity index (χ4n) is 5.72. The highest BCUT2D eigenvalue weighted by Crippen LogP contribution is 2.49. The first-order valence-corrected chi connectivity index (χ1v) is 12.2. The van der Waals surface area contributed by atoms with Crippen molar-refractivity contribution >= 4 is 10.6 Å². The number of hydroxylamine groups is 4. The summed E-state index contributed by atoms with van der Waals surface area (Å²) in [5.74, 6) is 0. The van der Waals surface area contributed by atoms with Crippen LogP contribution < -0.4 is 5.32 Å². The highest BCUT2D eigenvalue weighted by atomic mass is 32.2. The Labute approximate surface area is 188 Å². The van der Waals surface area contributed by atoms with Crippen LogP contribution in [0.3, 0.4) is 0 Å². The number of piperidine rings is 1. The van der Waals surface area contributed by atoms with Crippen LogP contribution in [-0.2, 0) is 36.3 Å². The Kier molecular flexibility index (Phi) is 6.18. The summed E-state index contributed by atoms with van der Waals surface area (Å²) in [4.78, 5) is 0. The number of fused-ring (bicyclic) bond motifs is 1. The summed E-state index contributed by atoms with van der Waals surface area (Å²) >= 11 is 0. The summed E-state index contributed by atoms with van der Waals surface area (Å²) in [5.41, 5.74) is 0.414. The zero-order valence-corrected chi connectivity index (χ0v) is 20.9. The first kappa shape index (κ1) is 24.6. The number of hydrogen-bond donors (Lipinski definition) is 2. The zero-order chi connectivity index (χ0) is 23.6. The van der Waals surface area contributed by atoms with Crippen molar-refractivity contribution < 1.29 is 14.6 Å². The Balaban J connectivity index is 1.85. The van der Waals surface area contributed by atoms with E-state index < -0.39 is 38.0 Å². The van der Waals surface area contributed by atoms with E-state index in [0.29, 0.717) is 19.4 Å². The Bertz CT molecular complexity index is 897. The lowest BCUT2D eigenvalue weighted by molar-refractivity contribution is -0.290. The van der Waals surface area contributed by atoms with Gasteiger partial charge in [0.15, 0.2) is 0 Å². The molecule has 0 saturated carbocycles. The summed E-state index contributed by atoms with van der Waals surface area (Å²) in [7, 11) is -1.83. The van der Waals surface area contributed by atoms with Crippen molar-refractivity contribution in [1.82, 2.24) is 15.4 Å². The number of rotatable bonds is 5. The number of nitrogens with zero attached hydrogens (tertiary/aromatic N) is 2. The summed E-state index contributed by atoms with van der Waals surface area (Å²) in [6.07, 6.45) is 1.38. The molecular formula is C23H37N4O3S-. The van der Waals surface area contributed by atoms with Crippen LogP contribution in [0.2, 0.25) is 0 Å². The SMILES string of the molecule is CC1(C)CC(NCC(c2ccc3c(c2)C(C)(C)N([O])C3(C)C)[S-](=N)=O)CC(C)(C)N1[O]. The lowest BCUT2D eigenvalue weighted by Gasteiger charge is -2.50. The van der Waals surface area contributed by atoms with Crippen LogP contribution in [0.25, 0.3) is 0 Å². The molecule has 7 nitrogen and oxygen atoms in total. The van der Waals surface area contributed by atoms with E-state index in [-0.39, 0.29) is 6.04 Å². The number of hydrogen-bond acceptors (Lipinski definition) is 6. The van der Waals surface area contributed by atoms with Gasteiger partial charge in [-0.25, -0.2) is 0 Å². The van der Waals surface area contributed by atoms with Crippen molar-refractivity contribution in [2.45, 2.75) is 102 Å². The third-order valence-electron chi connectivity index (χ3n) is 7.19. The van der Waals surface area contributed by atoms with Gasteiger partial charge in [-0.05, 0) is 91.2 Å². The van der Waals surface area contributed by atoms with Crippen molar-refractivity contribution in [3.05, 3.63) is 34.9 Å². The molecular weight excluding hydrogens is 412 g/mol. The Hall–Kier alpha value is -1.03. The topological polar surface area (TPSA) is 99.2 Å². The molecule has 174 valence electrons. The fourth-order valence-corrected chi connectivity index (χ4v) is 6.36. The average Bonchev–Trinajstić information content (AvgIpc) is 2.77. The monoisotopic (exact) mass is 449 g/mol. The number of benzene rings is 1. The lowest BCUT2D eigenvalue weighted by Crippen LogP contribution is -2.62. The minimum atomic E-state index is -1.83. The van der Waals surface area contributed by atoms with Crippen molar-refractivity contribution in [3.63, 3.8) is 0 Å². The maximum atomic E-state index is 12.9. The first-order valence-electron chi connectivity index (χ1n) is 11.0. The second-order valence-electron chi connectivity index (χ2n) is 11.4. The quantitative estimate of drug-likeness (QED) is 0.645. The van der Waals surface area contributed by atoms with Crippen LogP contribution in [0.1, 0.15) is 90.2 Å². The van der Waals surface area contributed by atoms with Crippen LogP contribution in [0, 0.1) is 4.78 Å². The van der Waals surface area contributed by atoms with Gasteiger partial charge in [0.2, 0.25) is 0 Å². The molecule has 2 N–H and O–H groups in total. The molecule has 8 heteroatoms. The highest BCUT2D eigenvalue weighted by Gasteiger charge is 2.50. The van der Waals surface area contributed by atoms with Gasteiger partial charge in [0.05, 0.1) is 11.1 Å². The Morgan fingerprint density at radius 3 is 2.00 bits per heavy atom.